The first-order valence-corrected chi connectivity index (χ1v) is 15.1. The molecule has 3 aromatic rings. The molecule has 0 atom stereocenters. The summed E-state index contributed by atoms with van der Waals surface area (Å²) in [6.07, 6.45) is 6.14. The number of aromatic nitrogens is 1. The second kappa shape index (κ2) is 12.5. The van der Waals surface area contributed by atoms with E-state index in [4.69, 9.17) is 27.0 Å². The largest absolute Gasteiger partial charge is 0.726 e. The van der Waals surface area contributed by atoms with E-state index in [1.165, 1.54) is 22.9 Å². The van der Waals surface area contributed by atoms with Gasteiger partial charge >= 0.3 is 193 Å². The number of esters is 2. The summed E-state index contributed by atoms with van der Waals surface area (Å²) < 4.78 is 49.3. The van der Waals surface area contributed by atoms with E-state index in [2.05, 4.69) is 24.3 Å². The quantitative estimate of drug-likeness (QED) is 0.132. The first-order valence-electron chi connectivity index (χ1n) is 10.3. The summed E-state index contributed by atoms with van der Waals surface area (Å²) >= 11 is 0.213. The summed E-state index contributed by atoms with van der Waals surface area (Å²) in [4.78, 5) is 25.9. The van der Waals surface area contributed by atoms with Crippen LogP contribution in [-0.2, 0) is 36.0 Å². The predicted molar refractivity (Wildman–Crippen MR) is 134 cm³/mol. The van der Waals surface area contributed by atoms with Crippen LogP contribution in [0.2, 0.25) is 0 Å². The molecule has 0 fully saturated rings. The zero-order valence-electron chi connectivity index (χ0n) is 19.2. The average molecular weight is 644 g/mol. The van der Waals surface area contributed by atoms with Gasteiger partial charge in [-0.25, -0.2) is 8.42 Å². The van der Waals surface area contributed by atoms with Gasteiger partial charge in [0, 0.05) is 0 Å². The van der Waals surface area contributed by atoms with Gasteiger partial charge < -0.3 is 4.55 Å². The molecule has 10 nitrogen and oxygen atoms in total. The maximum absolute atomic E-state index is 12.0. The summed E-state index contributed by atoms with van der Waals surface area (Å²) in [7, 11) is -2.10. The van der Waals surface area contributed by atoms with Crippen LogP contribution in [0.4, 0.5) is 5.69 Å². The number of nitrogens with zero attached hydrogens (tertiary/aromatic N) is 2. The third-order valence-electron chi connectivity index (χ3n) is 4.78. The van der Waals surface area contributed by atoms with Gasteiger partial charge in [0.1, 0.15) is 0 Å². The van der Waals surface area contributed by atoms with Crippen LogP contribution in [0.15, 0.2) is 65.3 Å². The molecule has 36 heavy (non-hydrogen) atoms. The normalized spacial score (nSPS) is 14.0. The summed E-state index contributed by atoms with van der Waals surface area (Å²) in [6, 6.07) is 16.3. The molecule has 0 bridgehead atoms. The van der Waals surface area contributed by atoms with Crippen molar-refractivity contribution in [1.29, 1.82) is 0 Å². The topological polar surface area (TPSA) is 137 Å². The fourth-order valence-electron chi connectivity index (χ4n) is 3.28. The van der Waals surface area contributed by atoms with Crippen LogP contribution in [0.1, 0.15) is 4.57 Å². The van der Waals surface area contributed by atoms with Crippen molar-refractivity contribution in [2.45, 2.75) is 6.54 Å². The minimum absolute atomic E-state index is 0.106. The Labute approximate surface area is 220 Å². The van der Waals surface area contributed by atoms with Crippen LogP contribution in [0.3, 0.4) is 0 Å². The second-order valence-corrected chi connectivity index (χ2v) is 12.4. The monoisotopic (exact) mass is 646 g/mol. The summed E-state index contributed by atoms with van der Waals surface area (Å²) in [5, 5.41) is 0. The third kappa shape index (κ3) is 7.62. The number of carbonyl (C=O) groups excluding carboxylic acids is 2. The first kappa shape index (κ1) is 27.8. The molecule has 2 heterocycles. The van der Waals surface area contributed by atoms with E-state index < -0.39 is 10.4 Å². The summed E-state index contributed by atoms with van der Waals surface area (Å²) in [6.45, 7) is 0.380. The minimum atomic E-state index is -4.92. The maximum Gasteiger partial charge on any atom is 0.215 e. The Hall–Kier alpha value is -2.76. The fourth-order valence-corrected chi connectivity index (χ4v) is 7.79. The third-order valence-corrected chi connectivity index (χ3v) is 9.53. The van der Waals surface area contributed by atoms with Crippen LogP contribution in [0.25, 0.3) is 15.9 Å². The van der Waals surface area contributed by atoms with Gasteiger partial charge in [0.05, 0.1) is 0 Å². The molecule has 13 heteroatoms. The number of para-hydroxylation sites is 2. The molecule has 0 amide bonds. The first-order chi connectivity index (χ1) is 17.1. The van der Waals surface area contributed by atoms with Crippen molar-refractivity contribution in [3.8, 4) is 0 Å². The number of methoxy groups -OCH3 is 2. The molecule has 0 aliphatic carbocycles. The van der Waals surface area contributed by atoms with Gasteiger partial charge in [-0.15, -0.1) is 0 Å². The fraction of sp³-hybridized carbons (Fsp3) is 0.174. The number of ether oxygens (including phenoxy) is 2. The van der Waals surface area contributed by atoms with Gasteiger partial charge in [0.2, 0.25) is 10.4 Å². The maximum atomic E-state index is 12.0. The van der Waals surface area contributed by atoms with E-state index in [1.807, 2.05) is 51.9 Å². The van der Waals surface area contributed by atoms with Gasteiger partial charge in [-0.1, -0.05) is 0 Å². The molecular formula is C23H22N2O8SSe2. The van der Waals surface area contributed by atoms with Crippen molar-refractivity contribution in [1.82, 2.24) is 0 Å². The van der Waals surface area contributed by atoms with Crippen LogP contribution >= 0.6 is 0 Å². The molecule has 0 saturated heterocycles. The Kier molecular flexibility index (Phi) is 9.63. The molecule has 0 spiro atoms. The van der Waals surface area contributed by atoms with Crippen LogP contribution < -0.4 is 13.9 Å². The Morgan fingerprint density at radius 1 is 1.08 bits per heavy atom. The van der Waals surface area contributed by atoms with Gasteiger partial charge in [0.15, 0.2) is 0 Å². The van der Waals surface area contributed by atoms with Gasteiger partial charge in [-0.2, -0.15) is 0 Å². The van der Waals surface area contributed by atoms with Crippen LogP contribution in [-0.4, -0.2) is 79.7 Å². The second-order valence-electron chi connectivity index (χ2n) is 7.09. The zero-order valence-corrected chi connectivity index (χ0v) is 23.4. The Balaban J connectivity index is 0.000000658. The molecular weight excluding hydrogens is 622 g/mol. The Bertz CT molecular complexity index is 1420. The van der Waals surface area contributed by atoms with E-state index in [0.717, 1.165) is 20.4 Å². The zero-order chi connectivity index (χ0) is 26.3. The SMILES string of the molecule is COC(=O)CN1/C(=C/C=C/c2[se]c3ccccc3[n+]2CC(=O)OC)[Se]c2ccccc21.O=S(=O)([O-])O. The number of fused-ring (bicyclic) bond motifs is 2. The Morgan fingerprint density at radius 2 is 1.72 bits per heavy atom. The molecule has 1 N–H and O–H groups in total. The molecule has 0 unspecified atom stereocenters. The van der Waals surface area contributed by atoms with Crippen molar-refractivity contribution in [2.24, 2.45) is 0 Å². The Morgan fingerprint density at radius 3 is 2.42 bits per heavy atom. The molecule has 1 aliphatic rings. The smallest absolute Gasteiger partial charge is 0.215 e. The van der Waals surface area contributed by atoms with E-state index in [1.54, 1.807) is 0 Å². The van der Waals surface area contributed by atoms with Crippen molar-refractivity contribution >= 4 is 77.8 Å². The minimum Gasteiger partial charge on any atom is -0.726 e. The summed E-state index contributed by atoms with van der Waals surface area (Å²) in [5.74, 6) is -0.536. The number of carbonyl (C=O) groups is 2. The van der Waals surface area contributed by atoms with E-state index >= 15 is 0 Å². The molecule has 0 saturated carbocycles. The van der Waals surface area contributed by atoms with Gasteiger partial charge in [-0.05, 0) is 0 Å². The number of hydrogen-bond donors (Lipinski definition) is 1. The van der Waals surface area contributed by atoms with Crippen molar-refractivity contribution in [3.63, 3.8) is 0 Å². The number of rotatable bonds is 6. The van der Waals surface area contributed by atoms with E-state index in [9.17, 15) is 9.59 Å². The van der Waals surface area contributed by atoms with Crippen molar-refractivity contribution in [2.75, 3.05) is 25.7 Å². The average Bonchev–Trinajstić information content (AvgIpc) is 3.36. The predicted octanol–water partition coefficient (Wildman–Crippen LogP) is 0.239. The molecule has 4 rings (SSSR count). The number of benzene rings is 2. The van der Waals surface area contributed by atoms with E-state index in [-0.39, 0.29) is 54.5 Å². The van der Waals surface area contributed by atoms with E-state index in [0.29, 0.717) is 0 Å². The van der Waals surface area contributed by atoms with Gasteiger partial charge in [0.25, 0.3) is 0 Å². The molecule has 1 aromatic heterocycles. The summed E-state index contributed by atoms with van der Waals surface area (Å²) in [5.41, 5.74) is 2.12. The molecule has 0 radical (unpaired) electrons. The molecule has 190 valence electrons. The standard InChI is InChI=1S/C23H21N2O4Se2.H2O4S/c1-28-22(26)14-24-16-8-3-5-10-18(16)30-20(24)12-7-13-21-25(15-23(27)29-2)17-9-4-6-11-19(17)31-21;1-5(2,3)4/h3-13H,14-15H2,1-2H3;(H2,1,2,3,4)/q+1;/p-1. The number of hydrogen-bond acceptors (Lipinski definition) is 8. The molecule has 1 aliphatic heterocycles. The number of allylic oxidation sites excluding steroid dienone is 2. The number of anilines is 1. The van der Waals surface area contributed by atoms with Crippen LogP contribution in [0, 0.1) is 0 Å². The van der Waals surface area contributed by atoms with Gasteiger partial charge in [-0.3, -0.25) is 4.55 Å². The molecule has 2 aromatic carbocycles. The van der Waals surface area contributed by atoms with Crippen molar-refractivity contribution < 1.29 is 41.2 Å². The van der Waals surface area contributed by atoms with Crippen LogP contribution in [0.5, 0.6) is 0 Å². The van der Waals surface area contributed by atoms with Crippen molar-refractivity contribution in [3.05, 3.63) is 69.8 Å².